The second-order valence-corrected chi connectivity index (χ2v) is 17.5. The highest BCUT2D eigenvalue weighted by molar-refractivity contribution is 7.74. The molecule has 2 aromatic carbocycles. The van der Waals surface area contributed by atoms with E-state index in [0.29, 0.717) is 6.04 Å². The molecule has 0 N–H and O–H groups in total. The molecular weight excluding hydrogens is 472 g/mol. The van der Waals surface area contributed by atoms with Crippen LogP contribution in [0.2, 0.25) is 0 Å². The van der Waals surface area contributed by atoms with Crippen molar-refractivity contribution in [3.63, 3.8) is 0 Å². The fraction of sp³-hybridized carbons (Fsp3) is 0.636. The van der Waals surface area contributed by atoms with Crippen molar-refractivity contribution in [2.75, 3.05) is 14.1 Å². The summed E-state index contributed by atoms with van der Waals surface area (Å²) < 4.78 is 0. The lowest BCUT2D eigenvalue weighted by Gasteiger charge is -2.48. The maximum absolute atomic E-state index is 2.56. The van der Waals surface area contributed by atoms with Gasteiger partial charge < -0.3 is 4.90 Å². The number of hydrogen-bond donors (Lipinski definition) is 0. The molecule has 0 radical (unpaired) electrons. The minimum Gasteiger partial charge on any atom is -0.306 e. The quantitative estimate of drug-likeness (QED) is 0.316. The molecule has 0 saturated heterocycles. The van der Waals surface area contributed by atoms with Crippen molar-refractivity contribution in [2.24, 2.45) is 5.92 Å². The van der Waals surface area contributed by atoms with Crippen molar-refractivity contribution in [3.8, 4) is 0 Å². The molecule has 0 spiro atoms. The van der Waals surface area contributed by atoms with Crippen molar-refractivity contribution >= 4 is 26.5 Å². The lowest BCUT2D eigenvalue weighted by molar-refractivity contribution is 0.231. The average molecular weight is 522 g/mol. The van der Waals surface area contributed by atoms with Gasteiger partial charge in [-0.2, -0.15) is 0 Å². The first-order chi connectivity index (χ1) is 17.6. The Bertz CT molecular complexity index is 846. The molecule has 0 bridgehead atoms. The molecule has 3 saturated carbocycles. The number of nitrogens with zero attached hydrogens (tertiary/aromatic N) is 1. The molecule has 3 aliphatic rings. The molecule has 196 valence electrons. The van der Waals surface area contributed by atoms with Crippen LogP contribution in [-0.4, -0.2) is 47.7 Å². The van der Waals surface area contributed by atoms with E-state index in [4.69, 9.17) is 0 Å². The second-order valence-electron chi connectivity index (χ2n) is 12.1. The number of benzene rings is 2. The van der Waals surface area contributed by atoms with Gasteiger partial charge >= 0.3 is 0 Å². The van der Waals surface area contributed by atoms with Crippen LogP contribution < -0.4 is 10.6 Å². The molecular formula is C33H49NP2. The van der Waals surface area contributed by atoms with E-state index >= 15 is 0 Å². The van der Waals surface area contributed by atoms with E-state index in [2.05, 4.69) is 86.6 Å². The van der Waals surface area contributed by atoms with E-state index in [0.717, 1.165) is 28.6 Å². The van der Waals surface area contributed by atoms with Gasteiger partial charge in [0.05, 0.1) is 0 Å². The van der Waals surface area contributed by atoms with E-state index < -0.39 is 0 Å². The SMILES string of the molecule is C[C@H](C1CCC(P(c2ccccc2)c2ccccc2)C1P(C1CCCCC1)C1CCCCC1)N(C)C. The highest BCUT2D eigenvalue weighted by atomic mass is 31.1. The van der Waals surface area contributed by atoms with Crippen LogP contribution in [0.1, 0.15) is 84.0 Å². The fourth-order valence-corrected chi connectivity index (χ4v) is 16.6. The Kier molecular flexibility index (Phi) is 9.60. The van der Waals surface area contributed by atoms with Crippen LogP contribution in [-0.2, 0) is 0 Å². The first kappa shape index (κ1) is 26.9. The number of hydrogen-bond acceptors (Lipinski definition) is 1. The molecule has 0 heterocycles. The molecule has 3 fully saturated rings. The van der Waals surface area contributed by atoms with Gasteiger partial charge in [0.2, 0.25) is 0 Å². The Morgan fingerprint density at radius 3 is 1.56 bits per heavy atom. The fourth-order valence-electron chi connectivity index (χ4n) is 7.85. The Labute approximate surface area is 224 Å². The van der Waals surface area contributed by atoms with E-state index in [1.54, 1.807) is 10.6 Å². The molecule has 0 aromatic heterocycles. The summed E-state index contributed by atoms with van der Waals surface area (Å²) in [6.45, 7) is 2.56. The van der Waals surface area contributed by atoms with Crippen molar-refractivity contribution in [3.05, 3.63) is 60.7 Å². The minimum absolute atomic E-state index is 0.0424. The summed E-state index contributed by atoms with van der Waals surface area (Å²) in [5.74, 6) is 0.859. The lowest BCUT2D eigenvalue weighted by atomic mass is 9.98. The summed E-state index contributed by atoms with van der Waals surface area (Å²) in [4.78, 5) is 2.56. The second kappa shape index (κ2) is 12.9. The van der Waals surface area contributed by atoms with Crippen LogP contribution in [0.3, 0.4) is 0 Å². The summed E-state index contributed by atoms with van der Waals surface area (Å²) >= 11 is 0. The zero-order valence-corrected chi connectivity index (χ0v) is 24.9. The highest BCUT2D eigenvalue weighted by Crippen LogP contribution is 2.68. The van der Waals surface area contributed by atoms with Crippen LogP contribution in [0.4, 0.5) is 0 Å². The van der Waals surface area contributed by atoms with Crippen LogP contribution >= 0.6 is 15.8 Å². The van der Waals surface area contributed by atoms with Gasteiger partial charge in [-0.15, -0.1) is 0 Å². The molecule has 36 heavy (non-hydrogen) atoms. The Balaban J connectivity index is 1.60. The summed E-state index contributed by atoms with van der Waals surface area (Å²) in [5, 5.41) is 3.24. The minimum atomic E-state index is -0.339. The normalized spacial score (nSPS) is 27.2. The van der Waals surface area contributed by atoms with Gasteiger partial charge in [-0.1, -0.05) is 107 Å². The topological polar surface area (TPSA) is 3.24 Å². The molecule has 3 heteroatoms. The molecule has 0 aliphatic heterocycles. The smallest absolute Gasteiger partial charge is 0.00953 e. The monoisotopic (exact) mass is 521 g/mol. The van der Waals surface area contributed by atoms with E-state index in [1.807, 2.05) is 0 Å². The maximum atomic E-state index is 2.56. The van der Waals surface area contributed by atoms with Gasteiger partial charge in [0.25, 0.3) is 0 Å². The third kappa shape index (κ3) is 5.95. The molecule has 2 aromatic rings. The highest BCUT2D eigenvalue weighted by Gasteiger charge is 2.50. The standard InChI is InChI=1S/C33H49NP2/c1-26(34(2)3)31-24-25-32(35(27-16-8-4-9-17-27)28-18-10-5-11-19-28)33(31)36(29-20-12-6-13-21-29)30-22-14-7-15-23-30/h4-5,8-11,16-19,26,29-33H,6-7,12-15,20-25H2,1-3H3/t26-,31?,32?,33?/m1/s1. The van der Waals surface area contributed by atoms with Crippen molar-refractivity contribution in [1.82, 2.24) is 4.90 Å². The largest absolute Gasteiger partial charge is 0.306 e. The van der Waals surface area contributed by atoms with E-state index in [1.165, 1.54) is 77.0 Å². The van der Waals surface area contributed by atoms with Gasteiger partial charge in [-0.05, 0) is 107 Å². The zero-order valence-electron chi connectivity index (χ0n) is 23.1. The van der Waals surface area contributed by atoms with Crippen LogP contribution in [0.15, 0.2) is 60.7 Å². The van der Waals surface area contributed by atoms with Gasteiger partial charge in [0.15, 0.2) is 0 Å². The van der Waals surface area contributed by atoms with Crippen molar-refractivity contribution in [2.45, 2.75) is 113 Å². The predicted molar refractivity (Wildman–Crippen MR) is 163 cm³/mol. The van der Waals surface area contributed by atoms with E-state index in [9.17, 15) is 0 Å². The van der Waals surface area contributed by atoms with Crippen LogP contribution in [0.5, 0.6) is 0 Å². The Morgan fingerprint density at radius 2 is 1.11 bits per heavy atom. The third-order valence-electron chi connectivity index (χ3n) is 9.80. The zero-order chi connectivity index (χ0) is 24.9. The first-order valence-corrected chi connectivity index (χ1v) is 17.9. The molecule has 5 rings (SSSR count). The summed E-state index contributed by atoms with van der Waals surface area (Å²) in [6.07, 6.45) is 17.9. The van der Waals surface area contributed by atoms with Crippen LogP contribution in [0.25, 0.3) is 0 Å². The lowest BCUT2D eigenvalue weighted by Crippen LogP contribution is -2.42. The summed E-state index contributed by atoms with van der Waals surface area (Å²) in [5.41, 5.74) is 3.83. The molecule has 3 aliphatic carbocycles. The van der Waals surface area contributed by atoms with Gasteiger partial charge in [0.1, 0.15) is 0 Å². The number of rotatable bonds is 8. The Hall–Kier alpha value is -0.740. The van der Waals surface area contributed by atoms with Gasteiger partial charge in [0, 0.05) is 6.04 Å². The predicted octanol–water partition coefficient (Wildman–Crippen LogP) is 8.36. The van der Waals surface area contributed by atoms with E-state index in [-0.39, 0.29) is 15.8 Å². The summed E-state index contributed by atoms with van der Waals surface area (Å²) in [6, 6.07) is 24.1. The molecule has 3 unspecified atom stereocenters. The average Bonchev–Trinajstić information content (AvgIpc) is 3.35. The summed E-state index contributed by atoms with van der Waals surface area (Å²) in [7, 11) is 4.39. The van der Waals surface area contributed by atoms with Gasteiger partial charge in [-0.25, -0.2) is 0 Å². The Morgan fingerprint density at radius 1 is 0.639 bits per heavy atom. The van der Waals surface area contributed by atoms with Crippen molar-refractivity contribution in [1.29, 1.82) is 0 Å². The first-order valence-electron chi connectivity index (χ1n) is 15.0. The third-order valence-corrected chi connectivity index (χ3v) is 17.1. The molecule has 4 atom stereocenters. The van der Waals surface area contributed by atoms with Crippen molar-refractivity contribution < 1.29 is 0 Å². The van der Waals surface area contributed by atoms with Crippen LogP contribution in [0, 0.1) is 5.92 Å². The molecule has 0 amide bonds. The maximum Gasteiger partial charge on any atom is 0.00953 e. The van der Waals surface area contributed by atoms with Gasteiger partial charge in [-0.3, -0.25) is 0 Å². The molecule has 1 nitrogen and oxygen atoms in total.